The van der Waals surface area contributed by atoms with Gasteiger partial charge in [-0.1, -0.05) is 23.7 Å². The van der Waals surface area contributed by atoms with Gasteiger partial charge in [0.05, 0.1) is 0 Å². The number of aromatic nitrogens is 4. The van der Waals surface area contributed by atoms with Gasteiger partial charge in [-0.05, 0) is 17.7 Å². The lowest BCUT2D eigenvalue weighted by Gasteiger charge is -2.06. The highest BCUT2D eigenvalue weighted by Gasteiger charge is 2.09. The molecule has 0 unspecified atom stereocenters. The van der Waals surface area contributed by atoms with E-state index in [2.05, 4.69) is 15.1 Å². The van der Waals surface area contributed by atoms with Crippen LogP contribution < -0.4 is 5.73 Å². The molecule has 0 saturated heterocycles. The lowest BCUT2D eigenvalue weighted by Crippen LogP contribution is -2.02. The van der Waals surface area contributed by atoms with Gasteiger partial charge in [0.1, 0.15) is 12.1 Å². The molecule has 2 heterocycles. The molecule has 0 atom stereocenters. The summed E-state index contributed by atoms with van der Waals surface area (Å²) in [5.41, 5.74) is 7.71. The fraction of sp³-hybridized carbons (Fsp3) is 0. The molecule has 0 radical (unpaired) electrons. The topological polar surface area (TPSA) is 69.1 Å². The molecule has 3 rings (SSSR count). The van der Waals surface area contributed by atoms with E-state index in [0.29, 0.717) is 16.6 Å². The fourth-order valence-corrected chi connectivity index (χ4v) is 1.86. The van der Waals surface area contributed by atoms with E-state index in [-0.39, 0.29) is 0 Å². The zero-order valence-corrected chi connectivity index (χ0v) is 9.46. The minimum absolute atomic E-state index is 0.480. The largest absolute Gasteiger partial charge is 0.383 e. The predicted octanol–water partition coefficient (Wildman–Crippen LogP) is 2.03. The summed E-state index contributed by atoms with van der Waals surface area (Å²) >= 11 is 5.95. The zero-order valence-electron chi connectivity index (χ0n) is 8.71. The molecule has 2 N–H and O–H groups in total. The molecule has 84 valence electrons. The Morgan fingerprint density at radius 1 is 1.24 bits per heavy atom. The Bertz CT molecular complexity index is 691. The van der Waals surface area contributed by atoms with Gasteiger partial charge >= 0.3 is 0 Å². The van der Waals surface area contributed by atoms with Crippen molar-refractivity contribution < 1.29 is 0 Å². The van der Waals surface area contributed by atoms with Crippen molar-refractivity contribution in [3.05, 3.63) is 41.8 Å². The average molecular weight is 246 g/mol. The maximum absolute atomic E-state index is 6.02. The average Bonchev–Trinajstić information content (AvgIpc) is 2.78. The molecule has 0 aliphatic carbocycles. The maximum atomic E-state index is 6.02. The van der Waals surface area contributed by atoms with E-state index in [1.807, 2.05) is 24.3 Å². The summed E-state index contributed by atoms with van der Waals surface area (Å²) in [6.07, 6.45) is 3.09. The molecule has 0 amide bonds. The van der Waals surface area contributed by atoms with Crippen LogP contribution in [0.3, 0.4) is 0 Å². The summed E-state index contributed by atoms with van der Waals surface area (Å²) in [6, 6.07) is 7.42. The van der Waals surface area contributed by atoms with Crippen LogP contribution in [0.25, 0.3) is 16.9 Å². The van der Waals surface area contributed by atoms with Crippen molar-refractivity contribution in [3.63, 3.8) is 0 Å². The van der Waals surface area contributed by atoms with Crippen LogP contribution in [-0.4, -0.2) is 19.6 Å². The first-order valence-electron chi connectivity index (χ1n) is 4.96. The van der Waals surface area contributed by atoms with Crippen molar-refractivity contribution in [2.24, 2.45) is 0 Å². The molecular formula is C11H8ClN5. The third-order valence-electron chi connectivity index (χ3n) is 2.48. The van der Waals surface area contributed by atoms with Crippen LogP contribution in [0.4, 0.5) is 5.82 Å². The van der Waals surface area contributed by atoms with Gasteiger partial charge in [-0.2, -0.15) is 14.6 Å². The number of nitrogens with two attached hydrogens (primary N) is 1. The van der Waals surface area contributed by atoms with Crippen molar-refractivity contribution in [3.8, 4) is 11.1 Å². The Labute approximate surface area is 102 Å². The third-order valence-corrected chi connectivity index (χ3v) is 2.71. The number of hydrogen-bond donors (Lipinski definition) is 1. The van der Waals surface area contributed by atoms with Crippen LogP contribution in [-0.2, 0) is 0 Å². The monoisotopic (exact) mass is 245 g/mol. The van der Waals surface area contributed by atoms with Crippen LogP contribution in [0.1, 0.15) is 0 Å². The Morgan fingerprint density at radius 3 is 2.94 bits per heavy atom. The van der Waals surface area contributed by atoms with Crippen molar-refractivity contribution in [1.29, 1.82) is 0 Å². The maximum Gasteiger partial charge on any atom is 0.254 e. The van der Waals surface area contributed by atoms with Gasteiger partial charge in [0.2, 0.25) is 0 Å². The number of halogens is 1. The predicted molar refractivity (Wildman–Crippen MR) is 65.6 cm³/mol. The molecule has 0 spiro atoms. The summed E-state index contributed by atoms with van der Waals surface area (Å²) in [6.45, 7) is 0. The van der Waals surface area contributed by atoms with E-state index in [1.165, 1.54) is 10.8 Å². The van der Waals surface area contributed by atoms with Gasteiger partial charge in [0, 0.05) is 16.8 Å². The summed E-state index contributed by atoms with van der Waals surface area (Å²) < 4.78 is 1.50. The summed E-state index contributed by atoms with van der Waals surface area (Å²) in [5.74, 6) is 0.975. The van der Waals surface area contributed by atoms with Gasteiger partial charge in [-0.25, -0.2) is 4.98 Å². The Balaban J connectivity index is 2.27. The van der Waals surface area contributed by atoms with Crippen LogP contribution in [0.15, 0.2) is 36.8 Å². The molecule has 5 nitrogen and oxygen atoms in total. The highest BCUT2D eigenvalue weighted by atomic mass is 35.5. The summed E-state index contributed by atoms with van der Waals surface area (Å²) in [5, 5.41) is 4.67. The van der Waals surface area contributed by atoms with Gasteiger partial charge in [0.15, 0.2) is 0 Å². The van der Waals surface area contributed by atoms with Crippen LogP contribution in [0.5, 0.6) is 0 Å². The van der Waals surface area contributed by atoms with E-state index in [0.717, 1.165) is 11.1 Å². The molecule has 0 aliphatic heterocycles. The first kappa shape index (κ1) is 10.0. The standard InChI is InChI=1S/C11H8ClN5/c12-8-3-1-2-7(4-8)9-5-14-11-15-6-16-17(11)10(9)13/h1-6H,13H2. The second-order valence-corrected chi connectivity index (χ2v) is 3.98. The number of rotatable bonds is 1. The molecular weight excluding hydrogens is 238 g/mol. The number of benzene rings is 1. The van der Waals surface area contributed by atoms with Crippen molar-refractivity contribution in [2.45, 2.75) is 0 Å². The number of fused-ring (bicyclic) bond motifs is 1. The Morgan fingerprint density at radius 2 is 2.12 bits per heavy atom. The Hall–Kier alpha value is -2.14. The summed E-state index contributed by atoms with van der Waals surface area (Å²) in [7, 11) is 0. The van der Waals surface area contributed by atoms with Crippen molar-refractivity contribution in [2.75, 3.05) is 5.73 Å². The number of nitrogens with zero attached hydrogens (tertiary/aromatic N) is 4. The lowest BCUT2D eigenvalue weighted by molar-refractivity contribution is 0.954. The summed E-state index contributed by atoms with van der Waals surface area (Å²) in [4.78, 5) is 8.14. The van der Waals surface area contributed by atoms with Crippen molar-refractivity contribution in [1.82, 2.24) is 19.6 Å². The minimum Gasteiger partial charge on any atom is -0.383 e. The molecule has 0 fully saturated rings. The molecule has 0 saturated carbocycles. The van der Waals surface area contributed by atoms with Crippen LogP contribution >= 0.6 is 11.6 Å². The van der Waals surface area contributed by atoms with E-state index in [1.54, 1.807) is 6.20 Å². The van der Waals surface area contributed by atoms with Crippen LogP contribution in [0.2, 0.25) is 5.02 Å². The molecule has 0 aliphatic rings. The second kappa shape index (κ2) is 3.71. The second-order valence-electron chi connectivity index (χ2n) is 3.54. The molecule has 2 aromatic heterocycles. The highest BCUT2D eigenvalue weighted by molar-refractivity contribution is 6.30. The molecule has 1 aromatic carbocycles. The Kier molecular flexibility index (Phi) is 2.19. The first-order chi connectivity index (χ1) is 8.25. The smallest absolute Gasteiger partial charge is 0.254 e. The number of hydrogen-bond acceptors (Lipinski definition) is 4. The quantitative estimate of drug-likeness (QED) is 0.712. The van der Waals surface area contributed by atoms with Crippen molar-refractivity contribution >= 4 is 23.2 Å². The van der Waals surface area contributed by atoms with Gasteiger partial charge in [-0.15, -0.1) is 0 Å². The highest BCUT2D eigenvalue weighted by Crippen LogP contribution is 2.26. The minimum atomic E-state index is 0.480. The molecule has 6 heteroatoms. The lowest BCUT2D eigenvalue weighted by atomic mass is 10.1. The molecule has 0 bridgehead atoms. The fourth-order valence-electron chi connectivity index (χ4n) is 1.67. The first-order valence-corrected chi connectivity index (χ1v) is 5.33. The number of anilines is 1. The van der Waals surface area contributed by atoms with Crippen LogP contribution in [0, 0.1) is 0 Å². The van der Waals surface area contributed by atoms with Gasteiger partial charge < -0.3 is 5.73 Å². The van der Waals surface area contributed by atoms with Gasteiger partial charge in [0.25, 0.3) is 5.78 Å². The third kappa shape index (κ3) is 1.60. The van der Waals surface area contributed by atoms with E-state index < -0.39 is 0 Å². The van der Waals surface area contributed by atoms with Gasteiger partial charge in [-0.3, -0.25) is 0 Å². The number of nitrogen functional groups attached to an aromatic ring is 1. The molecule has 17 heavy (non-hydrogen) atoms. The normalized spacial score (nSPS) is 10.9. The zero-order chi connectivity index (χ0) is 11.8. The SMILES string of the molecule is Nc1c(-c2cccc(Cl)c2)cnc2ncnn12. The van der Waals surface area contributed by atoms with E-state index in [4.69, 9.17) is 17.3 Å². The van der Waals surface area contributed by atoms with E-state index >= 15 is 0 Å². The molecule has 3 aromatic rings. The van der Waals surface area contributed by atoms with E-state index in [9.17, 15) is 0 Å².